The number of rotatable bonds is 3. The SMILES string of the molecule is [B]c1ccc(CC(O)OC)nc1. The number of pyridine rings is 1. The first-order chi connectivity index (χ1) is 5.72. The lowest BCUT2D eigenvalue weighted by Crippen LogP contribution is -2.14. The highest BCUT2D eigenvalue weighted by molar-refractivity contribution is 6.31. The van der Waals surface area contributed by atoms with Crippen LogP contribution in [0.4, 0.5) is 0 Å². The van der Waals surface area contributed by atoms with E-state index in [0.29, 0.717) is 11.9 Å². The molecule has 0 aliphatic rings. The number of hydrogen-bond donors (Lipinski definition) is 1. The van der Waals surface area contributed by atoms with Gasteiger partial charge in [0, 0.05) is 25.4 Å². The van der Waals surface area contributed by atoms with E-state index in [1.165, 1.54) is 7.11 Å². The summed E-state index contributed by atoms with van der Waals surface area (Å²) in [4.78, 5) is 4.00. The molecule has 62 valence electrons. The largest absolute Gasteiger partial charge is 0.368 e. The van der Waals surface area contributed by atoms with Gasteiger partial charge >= 0.3 is 0 Å². The van der Waals surface area contributed by atoms with Crippen LogP contribution in [0.5, 0.6) is 0 Å². The Labute approximate surface area is 72.8 Å². The summed E-state index contributed by atoms with van der Waals surface area (Å²) in [6.07, 6.45) is 1.15. The topological polar surface area (TPSA) is 42.4 Å². The van der Waals surface area contributed by atoms with E-state index in [9.17, 15) is 0 Å². The van der Waals surface area contributed by atoms with E-state index in [1.807, 2.05) is 0 Å². The van der Waals surface area contributed by atoms with E-state index in [0.717, 1.165) is 5.69 Å². The molecule has 0 bridgehead atoms. The van der Waals surface area contributed by atoms with Gasteiger partial charge in [-0.25, -0.2) is 0 Å². The third kappa shape index (κ3) is 2.64. The Kier molecular flexibility index (Phi) is 3.25. The lowest BCUT2D eigenvalue weighted by atomic mass is 9.98. The van der Waals surface area contributed by atoms with Gasteiger partial charge in [0.15, 0.2) is 6.29 Å². The van der Waals surface area contributed by atoms with Crippen molar-refractivity contribution in [1.82, 2.24) is 4.98 Å². The zero-order valence-electron chi connectivity index (χ0n) is 6.90. The molecule has 3 nitrogen and oxygen atoms in total. The molecular formula is C8H10BNO2. The van der Waals surface area contributed by atoms with Crippen LogP contribution in [-0.4, -0.2) is 31.3 Å². The van der Waals surface area contributed by atoms with Crippen LogP contribution in [-0.2, 0) is 11.2 Å². The second-order valence-electron chi connectivity index (χ2n) is 2.48. The van der Waals surface area contributed by atoms with Crippen LogP contribution >= 0.6 is 0 Å². The summed E-state index contributed by atoms with van der Waals surface area (Å²) >= 11 is 0. The lowest BCUT2D eigenvalue weighted by Gasteiger charge is -2.06. The third-order valence-corrected chi connectivity index (χ3v) is 1.50. The van der Waals surface area contributed by atoms with Crippen molar-refractivity contribution in [2.24, 2.45) is 0 Å². The van der Waals surface area contributed by atoms with Crippen LogP contribution in [0.3, 0.4) is 0 Å². The van der Waals surface area contributed by atoms with E-state index < -0.39 is 6.29 Å². The van der Waals surface area contributed by atoms with E-state index in [1.54, 1.807) is 18.3 Å². The van der Waals surface area contributed by atoms with Crippen molar-refractivity contribution in [3.63, 3.8) is 0 Å². The maximum Gasteiger partial charge on any atom is 0.159 e. The molecule has 1 unspecified atom stereocenters. The second-order valence-corrected chi connectivity index (χ2v) is 2.48. The van der Waals surface area contributed by atoms with Crippen molar-refractivity contribution in [3.8, 4) is 0 Å². The van der Waals surface area contributed by atoms with Gasteiger partial charge in [0.25, 0.3) is 0 Å². The molecular weight excluding hydrogens is 153 g/mol. The molecule has 0 amide bonds. The van der Waals surface area contributed by atoms with Gasteiger partial charge in [-0.05, 0) is 6.07 Å². The summed E-state index contributed by atoms with van der Waals surface area (Å²) < 4.78 is 4.67. The summed E-state index contributed by atoms with van der Waals surface area (Å²) in [6, 6.07) is 3.50. The molecule has 0 aliphatic carbocycles. The van der Waals surface area contributed by atoms with Crippen molar-refractivity contribution in [3.05, 3.63) is 24.0 Å². The van der Waals surface area contributed by atoms with E-state index >= 15 is 0 Å². The van der Waals surface area contributed by atoms with E-state index in [2.05, 4.69) is 9.72 Å². The quantitative estimate of drug-likeness (QED) is 0.477. The predicted molar refractivity (Wildman–Crippen MR) is 46.3 cm³/mol. The van der Waals surface area contributed by atoms with Crippen LogP contribution in [0.15, 0.2) is 18.3 Å². The van der Waals surface area contributed by atoms with Crippen LogP contribution in [0.1, 0.15) is 5.69 Å². The number of hydrogen-bond acceptors (Lipinski definition) is 3. The highest BCUT2D eigenvalue weighted by Crippen LogP contribution is 1.97. The molecule has 0 fully saturated rings. The molecule has 2 radical (unpaired) electrons. The van der Waals surface area contributed by atoms with Gasteiger partial charge in [-0.15, -0.1) is 0 Å². The fourth-order valence-corrected chi connectivity index (χ4v) is 0.819. The van der Waals surface area contributed by atoms with E-state index in [-0.39, 0.29) is 0 Å². The van der Waals surface area contributed by atoms with E-state index in [4.69, 9.17) is 13.0 Å². The van der Waals surface area contributed by atoms with Gasteiger partial charge in [-0.3, -0.25) is 4.98 Å². The Balaban J connectivity index is 2.58. The van der Waals surface area contributed by atoms with Gasteiger partial charge in [0.05, 0.1) is 0 Å². The van der Waals surface area contributed by atoms with Gasteiger partial charge in [-0.2, -0.15) is 0 Å². The number of methoxy groups -OCH3 is 1. The molecule has 0 spiro atoms. The van der Waals surface area contributed by atoms with Gasteiger partial charge < -0.3 is 9.84 Å². The molecule has 1 aromatic heterocycles. The first-order valence-corrected chi connectivity index (χ1v) is 3.63. The zero-order chi connectivity index (χ0) is 8.97. The van der Waals surface area contributed by atoms with Crippen LogP contribution in [0.2, 0.25) is 0 Å². The summed E-state index contributed by atoms with van der Waals surface area (Å²) in [7, 11) is 6.88. The van der Waals surface area contributed by atoms with Crippen molar-refractivity contribution >= 4 is 13.3 Å². The maximum atomic E-state index is 9.09. The first-order valence-electron chi connectivity index (χ1n) is 3.63. The number of aliphatic hydroxyl groups is 1. The first kappa shape index (κ1) is 9.22. The highest BCUT2D eigenvalue weighted by Gasteiger charge is 2.03. The number of nitrogens with zero attached hydrogens (tertiary/aromatic N) is 1. The highest BCUT2D eigenvalue weighted by atomic mass is 16.6. The average Bonchev–Trinajstić information content (AvgIpc) is 2.09. The van der Waals surface area contributed by atoms with Crippen molar-refractivity contribution in [1.29, 1.82) is 0 Å². The molecule has 0 aromatic carbocycles. The number of aromatic nitrogens is 1. The molecule has 1 N–H and O–H groups in total. The summed E-state index contributed by atoms with van der Waals surface area (Å²) in [5, 5.41) is 9.09. The van der Waals surface area contributed by atoms with Crippen molar-refractivity contribution < 1.29 is 9.84 Å². The molecule has 0 saturated heterocycles. The Morgan fingerprint density at radius 1 is 1.67 bits per heavy atom. The minimum Gasteiger partial charge on any atom is -0.368 e. The van der Waals surface area contributed by atoms with Crippen molar-refractivity contribution in [2.45, 2.75) is 12.7 Å². The monoisotopic (exact) mass is 163 g/mol. The Morgan fingerprint density at radius 2 is 2.42 bits per heavy atom. The zero-order valence-corrected chi connectivity index (χ0v) is 6.90. The average molecular weight is 163 g/mol. The van der Waals surface area contributed by atoms with Gasteiger partial charge in [0.2, 0.25) is 0 Å². The van der Waals surface area contributed by atoms with Crippen LogP contribution in [0.25, 0.3) is 0 Å². The molecule has 0 saturated carbocycles. The Bertz CT molecular complexity index is 237. The summed E-state index contributed by atoms with van der Waals surface area (Å²) in [5.41, 5.74) is 1.38. The van der Waals surface area contributed by atoms with Gasteiger partial charge in [0.1, 0.15) is 7.85 Å². The lowest BCUT2D eigenvalue weighted by molar-refractivity contribution is -0.0725. The number of aliphatic hydroxyl groups excluding tert-OH is 1. The molecule has 1 aromatic rings. The maximum absolute atomic E-state index is 9.09. The Hall–Kier alpha value is -0.865. The molecule has 4 heteroatoms. The molecule has 0 aliphatic heterocycles. The standard InChI is InChI=1S/C8H10BNO2/c1-12-8(11)4-7-3-2-6(9)5-10-7/h2-3,5,8,11H,4H2,1H3. The molecule has 12 heavy (non-hydrogen) atoms. The van der Waals surface area contributed by atoms with Crippen LogP contribution < -0.4 is 5.46 Å². The minimum absolute atomic E-state index is 0.386. The third-order valence-electron chi connectivity index (χ3n) is 1.50. The molecule has 1 atom stereocenters. The molecule has 1 rings (SSSR count). The van der Waals surface area contributed by atoms with Gasteiger partial charge in [-0.1, -0.05) is 11.5 Å². The normalized spacial score (nSPS) is 12.8. The fourth-order valence-electron chi connectivity index (χ4n) is 0.819. The predicted octanol–water partition coefficient (Wildman–Crippen LogP) is -0.617. The summed E-state index contributed by atoms with van der Waals surface area (Å²) in [6.45, 7) is 0. The fraction of sp³-hybridized carbons (Fsp3) is 0.375. The van der Waals surface area contributed by atoms with Crippen molar-refractivity contribution in [2.75, 3.05) is 7.11 Å². The molecule has 1 heterocycles. The second kappa shape index (κ2) is 4.23. The number of ether oxygens (including phenoxy) is 1. The summed E-state index contributed by atoms with van der Waals surface area (Å²) in [5.74, 6) is 0. The van der Waals surface area contributed by atoms with Crippen LogP contribution in [0, 0.1) is 0 Å². The Morgan fingerprint density at radius 3 is 2.92 bits per heavy atom. The minimum atomic E-state index is -0.791. The smallest absolute Gasteiger partial charge is 0.159 e.